The highest BCUT2D eigenvalue weighted by atomic mass is 19.1. The minimum Gasteiger partial charge on any atom is -0.457 e. The predicted octanol–water partition coefficient (Wildman–Crippen LogP) is 5.40. The fourth-order valence-corrected chi connectivity index (χ4v) is 5.73. The Morgan fingerprint density at radius 2 is 1.66 bits per heavy atom. The number of halogens is 1. The Hall–Kier alpha value is -3.91. The number of benzene rings is 2. The molecule has 0 aliphatic heterocycles. The molecule has 0 bridgehead atoms. The molecule has 2 aromatic carbocycles. The van der Waals surface area contributed by atoms with Crippen LogP contribution in [0.25, 0.3) is 22.0 Å². The molecule has 0 saturated heterocycles. The van der Waals surface area contributed by atoms with Gasteiger partial charge in [0.15, 0.2) is 0 Å². The van der Waals surface area contributed by atoms with Crippen LogP contribution in [-0.2, 0) is 7.05 Å². The lowest BCUT2D eigenvalue weighted by molar-refractivity contribution is 0.0988. The molecule has 0 atom stereocenters. The third-order valence-corrected chi connectivity index (χ3v) is 7.54. The number of nitrogens with two attached hydrogens (primary N) is 2. The zero-order chi connectivity index (χ0) is 27.3. The number of amides is 1. The van der Waals surface area contributed by atoms with E-state index in [9.17, 15) is 14.0 Å². The molecule has 198 valence electrons. The number of pyridine rings is 1. The van der Waals surface area contributed by atoms with Crippen LogP contribution in [0.5, 0.6) is 11.5 Å². The minimum absolute atomic E-state index is 0.0291. The fourth-order valence-electron chi connectivity index (χ4n) is 5.73. The Bertz CT molecular complexity index is 1600. The van der Waals surface area contributed by atoms with Crippen molar-refractivity contribution in [1.82, 2.24) is 9.13 Å². The molecule has 1 amide bonds. The summed E-state index contributed by atoms with van der Waals surface area (Å²) in [5.41, 5.74) is 16.5. The van der Waals surface area contributed by atoms with Gasteiger partial charge >= 0.3 is 0 Å². The van der Waals surface area contributed by atoms with Crippen molar-refractivity contribution < 1.29 is 13.9 Å². The zero-order valence-corrected chi connectivity index (χ0v) is 22.2. The van der Waals surface area contributed by atoms with Gasteiger partial charge in [-0.1, -0.05) is 6.07 Å². The molecule has 0 radical (unpaired) electrons. The Kier molecular flexibility index (Phi) is 6.61. The van der Waals surface area contributed by atoms with E-state index in [0.29, 0.717) is 39.2 Å². The molecule has 7 nitrogen and oxygen atoms in total. The highest BCUT2D eigenvalue weighted by Crippen LogP contribution is 2.38. The maximum Gasteiger partial charge on any atom is 0.274 e. The van der Waals surface area contributed by atoms with Crippen molar-refractivity contribution in [3.63, 3.8) is 0 Å². The molecule has 8 heteroatoms. The number of carbonyl (C=O) groups is 1. The van der Waals surface area contributed by atoms with Gasteiger partial charge in [-0.2, -0.15) is 0 Å². The summed E-state index contributed by atoms with van der Waals surface area (Å²) < 4.78 is 23.5. The van der Waals surface area contributed by atoms with Crippen LogP contribution >= 0.6 is 0 Å². The van der Waals surface area contributed by atoms with Crippen molar-refractivity contribution in [2.45, 2.75) is 58.5 Å². The third-order valence-electron chi connectivity index (χ3n) is 7.54. The van der Waals surface area contributed by atoms with Gasteiger partial charge in [0.1, 0.15) is 28.5 Å². The van der Waals surface area contributed by atoms with Gasteiger partial charge in [0.05, 0.1) is 0 Å². The summed E-state index contributed by atoms with van der Waals surface area (Å²) in [5.74, 6) is 0.320. The van der Waals surface area contributed by atoms with Gasteiger partial charge in [-0.15, -0.1) is 0 Å². The SMILES string of the molecule is Cc1cc(Oc2c(C)cc(F)cc2C)cc(-c2cn(C)c(=O)c3c2cc(C(N)=O)n3C2CCC(N)CC2)c1. The molecule has 1 aliphatic rings. The summed E-state index contributed by atoms with van der Waals surface area (Å²) in [6.45, 7) is 5.58. The molecule has 1 aliphatic carbocycles. The Morgan fingerprint density at radius 1 is 1.00 bits per heavy atom. The van der Waals surface area contributed by atoms with Gasteiger partial charge < -0.3 is 25.3 Å². The highest BCUT2D eigenvalue weighted by Gasteiger charge is 2.28. The number of primary amides is 1. The molecule has 4 aromatic rings. The van der Waals surface area contributed by atoms with Crippen LogP contribution in [0.2, 0.25) is 0 Å². The monoisotopic (exact) mass is 516 g/mol. The quantitative estimate of drug-likeness (QED) is 0.370. The summed E-state index contributed by atoms with van der Waals surface area (Å²) in [6.07, 6.45) is 4.98. The fraction of sp³-hybridized carbons (Fsp3) is 0.333. The number of nitrogens with zero attached hydrogens (tertiary/aromatic N) is 2. The summed E-state index contributed by atoms with van der Waals surface area (Å²) in [6, 6.07) is 10.5. The molecule has 4 N–H and O–H groups in total. The molecule has 2 aromatic heterocycles. The van der Waals surface area contributed by atoms with E-state index in [1.54, 1.807) is 23.9 Å². The first kappa shape index (κ1) is 25.7. The minimum atomic E-state index is -0.570. The van der Waals surface area contributed by atoms with Crippen molar-refractivity contribution in [2.75, 3.05) is 0 Å². The number of hydrogen-bond donors (Lipinski definition) is 2. The molecule has 5 rings (SSSR count). The van der Waals surface area contributed by atoms with Crippen molar-refractivity contribution >= 4 is 16.8 Å². The second-order valence-corrected chi connectivity index (χ2v) is 10.6. The molecule has 2 heterocycles. The van der Waals surface area contributed by atoms with Crippen molar-refractivity contribution in [3.05, 3.63) is 81.2 Å². The van der Waals surface area contributed by atoms with Crippen LogP contribution in [0.4, 0.5) is 4.39 Å². The average Bonchev–Trinajstić information content (AvgIpc) is 3.25. The summed E-state index contributed by atoms with van der Waals surface area (Å²) >= 11 is 0. The Morgan fingerprint density at radius 3 is 2.29 bits per heavy atom. The summed E-state index contributed by atoms with van der Waals surface area (Å²) in [7, 11) is 1.71. The van der Waals surface area contributed by atoms with Crippen molar-refractivity contribution in [3.8, 4) is 22.6 Å². The van der Waals surface area contributed by atoms with E-state index in [1.165, 1.54) is 12.1 Å². The number of hydrogen-bond acceptors (Lipinski definition) is 4. The summed E-state index contributed by atoms with van der Waals surface area (Å²) in [4.78, 5) is 26.0. The molecular formula is C30H33FN4O3. The molecule has 0 unspecified atom stereocenters. The van der Waals surface area contributed by atoms with E-state index in [0.717, 1.165) is 42.4 Å². The third kappa shape index (κ3) is 4.60. The second kappa shape index (κ2) is 9.76. The van der Waals surface area contributed by atoms with Gasteiger partial charge in [-0.05, 0) is 99.0 Å². The number of fused-ring (bicyclic) bond motifs is 1. The first-order chi connectivity index (χ1) is 18.0. The zero-order valence-electron chi connectivity index (χ0n) is 22.2. The highest BCUT2D eigenvalue weighted by molar-refractivity contribution is 6.03. The van der Waals surface area contributed by atoms with Gasteiger partial charge in [-0.3, -0.25) is 9.59 Å². The van der Waals surface area contributed by atoms with Gasteiger partial charge in [0.25, 0.3) is 11.5 Å². The number of carbonyl (C=O) groups excluding carboxylic acids is 1. The molecular weight excluding hydrogens is 483 g/mol. The molecule has 38 heavy (non-hydrogen) atoms. The standard InChI is InChI=1S/C30H33FN4O3/c1-16-9-19(13-23(10-16)38-28-17(2)11-20(31)12-18(28)3)25-15-34(4)30(37)27-24(25)14-26(29(33)36)35(27)22-7-5-21(32)6-8-22/h9-15,21-22H,5-8,32H2,1-4H3,(H2,33,36). The average molecular weight is 517 g/mol. The normalized spacial score (nSPS) is 17.6. The lowest BCUT2D eigenvalue weighted by Gasteiger charge is -2.29. The lowest BCUT2D eigenvalue weighted by Crippen LogP contribution is -2.31. The van der Waals surface area contributed by atoms with Crippen molar-refractivity contribution in [2.24, 2.45) is 18.5 Å². The Balaban J connectivity index is 1.69. The van der Waals surface area contributed by atoms with Crippen LogP contribution in [-0.4, -0.2) is 21.1 Å². The smallest absolute Gasteiger partial charge is 0.274 e. The number of rotatable bonds is 5. The maximum absolute atomic E-state index is 13.8. The summed E-state index contributed by atoms with van der Waals surface area (Å²) in [5, 5.41) is 0.669. The van der Waals surface area contributed by atoms with E-state index in [2.05, 4.69) is 0 Å². The van der Waals surface area contributed by atoms with E-state index in [-0.39, 0.29) is 23.5 Å². The maximum atomic E-state index is 13.8. The van der Waals surface area contributed by atoms with Crippen LogP contribution in [0.15, 0.2) is 47.4 Å². The van der Waals surface area contributed by atoms with E-state index in [1.807, 2.05) is 43.5 Å². The van der Waals surface area contributed by atoms with Gasteiger partial charge in [0, 0.05) is 36.3 Å². The van der Waals surface area contributed by atoms with Gasteiger partial charge in [-0.25, -0.2) is 4.39 Å². The van der Waals surface area contributed by atoms with Crippen LogP contribution in [0.1, 0.15) is 58.9 Å². The first-order valence-electron chi connectivity index (χ1n) is 12.9. The molecule has 0 spiro atoms. The predicted molar refractivity (Wildman–Crippen MR) is 147 cm³/mol. The molecule has 1 saturated carbocycles. The molecule has 1 fully saturated rings. The van der Waals surface area contributed by atoms with Crippen LogP contribution in [0.3, 0.4) is 0 Å². The van der Waals surface area contributed by atoms with Crippen LogP contribution in [0, 0.1) is 26.6 Å². The number of aryl methyl sites for hydroxylation is 4. The van der Waals surface area contributed by atoms with E-state index < -0.39 is 5.91 Å². The number of aromatic nitrogens is 2. The lowest BCUT2D eigenvalue weighted by atomic mass is 9.91. The van der Waals surface area contributed by atoms with Crippen LogP contribution < -0.4 is 21.8 Å². The second-order valence-electron chi connectivity index (χ2n) is 10.6. The van der Waals surface area contributed by atoms with Crippen molar-refractivity contribution in [1.29, 1.82) is 0 Å². The Labute approximate surface area is 220 Å². The topological polar surface area (TPSA) is 105 Å². The first-order valence-corrected chi connectivity index (χ1v) is 12.9. The largest absolute Gasteiger partial charge is 0.457 e. The van der Waals surface area contributed by atoms with E-state index in [4.69, 9.17) is 16.2 Å². The number of ether oxygens (including phenoxy) is 1. The van der Waals surface area contributed by atoms with E-state index >= 15 is 0 Å². The van der Waals surface area contributed by atoms with Gasteiger partial charge in [0.2, 0.25) is 0 Å².